The van der Waals surface area contributed by atoms with E-state index in [2.05, 4.69) is 10.6 Å². The van der Waals surface area contributed by atoms with Crippen LogP contribution in [-0.2, 0) is 9.59 Å². The summed E-state index contributed by atoms with van der Waals surface area (Å²) in [6.07, 6.45) is 0. The number of nitrogens with one attached hydrogen (secondary N) is 2. The molecular weight excluding hydrogens is 421 g/mol. The maximum absolute atomic E-state index is 12.3. The number of amides is 2. The summed E-state index contributed by atoms with van der Waals surface area (Å²) in [5.41, 5.74) is 0.698. The van der Waals surface area contributed by atoms with Gasteiger partial charge in [0.15, 0.2) is 5.50 Å². The summed E-state index contributed by atoms with van der Waals surface area (Å²) < 4.78 is 0. The van der Waals surface area contributed by atoms with Crippen molar-refractivity contribution in [3.05, 3.63) is 70.0 Å². The van der Waals surface area contributed by atoms with Gasteiger partial charge < -0.3 is 15.7 Å². The smallest absolute Gasteiger partial charge is 0.254 e. The second-order valence-corrected chi connectivity index (χ2v) is 7.88. The molecule has 1 aliphatic heterocycles. The second-order valence-electron chi connectivity index (χ2n) is 5.96. The van der Waals surface area contributed by atoms with Crippen LogP contribution in [0, 0.1) is 0 Å². The molecule has 28 heavy (non-hydrogen) atoms. The zero-order valence-corrected chi connectivity index (χ0v) is 17.1. The van der Waals surface area contributed by atoms with Gasteiger partial charge in [-0.15, -0.1) is 11.8 Å². The number of rotatable bonds is 5. The average molecular weight is 438 g/mol. The molecule has 2 aromatic rings. The molecule has 0 saturated heterocycles. The fourth-order valence-electron chi connectivity index (χ4n) is 2.57. The van der Waals surface area contributed by atoms with Crippen molar-refractivity contribution in [2.75, 3.05) is 16.0 Å². The number of hydrogen-bond acceptors (Lipinski definition) is 5. The Labute approximate surface area is 176 Å². The van der Waals surface area contributed by atoms with Crippen LogP contribution in [0.25, 0.3) is 0 Å². The van der Waals surface area contributed by atoms with Gasteiger partial charge in [-0.05, 0) is 37.3 Å². The van der Waals surface area contributed by atoms with Crippen molar-refractivity contribution < 1.29 is 14.7 Å². The number of carbonyl (C=O) groups is 2. The fraction of sp³-hybridized carbons (Fsp3) is 0.158. The van der Waals surface area contributed by atoms with E-state index in [9.17, 15) is 14.7 Å². The minimum Gasteiger partial charge on any atom is -0.494 e. The molecule has 0 aromatic heterocycles. The Balaban J connectivity index is 1.72. The van der Waals surface area contributed by atoms with Crippen LogP contribution in [0.1, 0.15) is 6.92 Å². The summed E-state index contributed by atoms with van der Waals surface area (Å²) >= 11 is 13.1. The van der Waals surface area contributed by atoms with Crippen molar-refractivity contribution in [1.82, 2.24) is 5.32 Å². The van der Waals surface area contributed by atoms with Gasteiger partial charge in [0.25, 0.3) is 5.91 Å². The summed E-state index contributed by atoms with van der Waals surface area (Å²) in [6.45, 7) is 1.54. The highest BCUT2D eigenvalue weighted by Gasteiger charge is 2.33. The third kappa shape index (κ3) is 4.55. The molecule has 0 fully saturated rings. The molecule has 1 unspecified atom stereocenters. The first-order chi connectivity index (χ1) is 13.4. The molecule has 146 valence electrons. The molecular formula is C19H17Cl2N3O3S. The number of aliphatic hydroxyl groups is 1. The van der Waals surface area contributed by atoms with Crippen molar-refractivity contribution >= 4 is 58.2 Å². The normalized spacial score (nSPS) is 16.8. The lowest BCUT2D eigenvalue weighted by atomic mass is 10.2. The Hall–Kier alpha value is -2.35. The number of para-hydroxylation sites is 1. The number of thioether (sulfide) groups is 1. The van der Waals surface area contributed by atoms with Crippen LogP contribution in [0.3, 0.4) is 0 Å². The molecule has 0 spiro atoms. The van der Waals surface area contributed by atoms with Crippen molar-refractivity contribution in [1.29, 1.82) is 0 Å². The largest absolute Gasteiger partial charge is 0.494 e. The van der Waals surface area contributed by atoms with Gasteiger partial charge in [0.2, 0.25) is 11.8 Å². The van der Waals surface area contributed by atoms with E-state index in [0.717, 1.165) is 11.8 Å². The number of anilines is 2. The minimum absolute atomic E-state index is 0.0273. The molecule has 1 atom stereocenters. The fourth-order valence-corrected chi connectivity index (χ4v) is 3.97. The summed E-state index contributed by atoms with van der Waals surface area (Å²) in [5, 5.41) is 16.8. The number of hydrogen-bond donors (Lipinski definition) is 3. The molecule has 6 nitrogen and oxygen atoms in total. The molecule has 1 heterocycles. The highest BCUT2D eigenvalue weighted by Crippen LogP contribution is 2.30. The Morgan fingerprint density at radius 1 is 1.25 bits per heavy atom. The molecule has 0 aliphatic carbocycles. The highest BCUT2D eigenvalue weighted by atomic mass is 35.5. The molecule has 0 saturated carbocycles. The van der Waals surface area contributed by atoms with Gasteiger partial charge in [0, 0.05) is 10.7 Å². The molecule has 2 amide bonds. The lowest BCUT2D eigenvalue weighted by Crippen LogP contribution is -2.51. The molecule has 3 N–H and O–H groups in total. The maximum atomic E-state index is 12.3. The van der Waals surface area contributed by atoms with Crippen molar-refractivity contribution in [2.45, 2.75) is 12.4 Å². The van der Waals surface area contributed by atoms with Crippen LogP contribution in [0.15, 0.2) is 60.0 Å². The highest BCUT2D eigenvalue weighted by molar-refractivity contribution is 8.00. The standard InChI is InChI=1S/C19H17Cl2N3O3S/c1-11-17(26)23-19(24(18(11)27)13-5-3-2-4-6-13)28-10-16(25)22-15-8-7-12(20)9-14(15)21/h2-9,19,27H,10H2,1H3,(H,22,25)(H,23,26). The molecule has 0 radical (unpaired) electrons. The Bertz CT molecular complexity index is 937. The van der Waals surface area contributed by atoms with E-state index in [1.807, 2.05) is 30.3 Å². The number of aliphatic hydroxyl groups excluding tert-OH is 1. The van der Waals surface area contributed by atoms with Crippen molar-refractivity contribution in [3.63, 3.8) is 0 Å². The Kier molecular flexibility index (Phi) is 6.39. The molecule has 9 heteroatoms. The van der Waals surface area contributed by atoms with Crippen LogP contribution in [-0.4, -0.2) is 28.2 Å². The third-order valence-electron chi connectivity index (χ3n) is 4.01. The monoisotopic (exact) mass is 437 g/mol. The molecule has 3 rings (SSSR count). The van der Waals surface area contributed by atoms with Gasteiger partial charge in [-0.3, -0.25) is 14.5 Å². The molecule has 0 bridgehead atoms. The lowest BCUT2D eigenvalue weighted by Gasteiger charge is -2.36. The number of carbonyl (C=O) groups excluding carboxylic acids is 2. The van der Waals surface area contributed by atoms with E-state index in [0.29, 0.717) is 21.4 Å². The molecule has 2 aromatic carbocycles. The summed E-state index contributed by atoms with van der Waals surface area (Å²) in [7, 11) is 0. The van der Waals surface area contributed by atoms with Crippen LogP contribution >= 0.6 is 35.0 Å². The van der Waals surface area contributed by atoms with Gasteiger partial charge in [-0.1, -0.05) is 41.4 Å². The van der Waals surface area contributed by atoms with Crippen LogP contribution < -0.4 is 15.5 Å². The van der Waals surface area contributed by atoms with E-state index in [4.69, 9.17) is 23.2 Å². The SMILES string of the molecule is CC1=C(O)N(c2ccccc2)C(SCC(=O)Nc2ccc(Cl)cc2Cl)NC1=O. The van der Waals surface area contributed by atoms with Gasteiger partial charge in [0.1, 0.15) is 0 Å². The van der Waals surface area contributed by atoms with Crippen LogP contribution in [0.2, 0.25) is 10.0 Å². The van der Waals surface area contributed by atoms with E-state index in [1.54, 1.807) is 17.0 Å². The minimum atomic E-state index is -0.648. The lowest BCUT2D eigenvalue weighted by molar-refractivity contribution is -0.118. The quantitative estimate of drug-likeness (QED) is 0.646. The van der Waals surface area contributed by atoms with Crippen LogP contribution in [0.4, 0.5) is 11.4 Å². The van der Waals surface area contributed by atoms with E-state index in [1.165, 1.54) is 13.0 Å². The zero-order valence-electron chi connectivity index (χ0n) is 14.8. The van der Waals surface area contributed by atoms with E-state index in [-0.39, 0.29) is 29.0 Å². The van der Waals surface area contributed by atoms with Crippen LogP contribution in [0.5, 0.6) is 0 Å². The predicted octanol–water partition coefficient (Wildman–Crippen LogP) is 4.37. The second kappa shape index (κ2) is 8.77. The van der Waals surface area contributed by atoms with Crippen molar-refractivity contribution in [2.24, 2.45) is 0 Å². The number of halogens is 2. The summed E-state index contributed by atoms with van der Waals surface area (Å²) in [5.74, 6) is -0.807. The topological polar surface area (TPSA) is 81.7 Å². The van der Waals surface area contributed by atoms with Gasteiger partial charge in [0.05, 0.1) is 22.0 Å². The Morgan fingerprint density at radius 2 is 1.96 bits per heavy atom. The first-order valence-electron chi connectivity index (χ1n) is 8.28. The van der Waals surface area contributed by atoms with Gasteiger partial charge in [-0.25, -0.2) is 0 Å². The third-order valence-corrected chi connectivity index (χ3v) is 5.63. The average Bonchev–Trinajstić information content (AvgIpc) is 2.67. The van der Waals surface area contributed by atoms with E-state index < -0.39 is 5.50 Å². The van der Waals surface area contributed by atoms with E-state index >= 15 is 0 Å². The maximum Gasteiger partial charge on any atom is 0.254 e. The molecule has 1 aliphatic rings. The summed E-state index contributed by atoms with van der Waals surface area (Å²) in [4.78, 5) is 26.0. The number of benzene rings is 2. The zero-order chi connectivity index (χ0) is 20.3. The first kappa shape index (κ1) is 20.4. The summed E-state index contributed by atoms with van der Waals surface area (Å²) in [6, 6.07) is 13.9. The van der Waals surface area contributed by atoms with Gasteiger partial charge in [-0.2, -0.15) is 0 Å². The number of nitrogens with zero attached hydrogens (tertiary/aromatic N) is 1. The van der Waals surface area contributed by atoms with Gasteiger partial charge >= 0.3 is 0 Å². The van der Waals surface area contributed by atoms with Crippen molar-refractivity contribution in [3.8, 4) is 0 Å². The Morgan fingerprint density at radius 3 is 2.64 bits per heavy atom. The first-order valence-corrected chi connectivity index (χ1v) is 10.1. The predicted molar refractivity (Wildman–Crippen MR) is 114 cm³/mol.